The first-order chi connectivity index (χ1) is 13.8. The molecule has 2 aliphatic heterocycles. The highest BCUT2D eigenvalue weighted by Crippen LogP contribution is 2.45. The van der Waals surface area contributed by atoms with E-state index in [2.05, 4.69) is 69.4 Å². The van der Waals surface area contributed by atoms with Gasteiger partial charge >= 0.3 is 6.09 Å². The topological polar surface area (TPSA) is 29.5 Å². The van der Waals surface area contributed by atoms with E-state index in [1.54, 1.807) is 0 Å². The van der Waals surface area contributed by atoms with Crippen LogP contribution in [0, 0.1) is 5.92 Å². The summed E-state index contributed by atoms with van der Waals surface area (Å²) in [5, 5.41) is 1.04. The maximum atomic E-state index is 13.1. The number of carbonyl (C=O) groups excluding carboxylic acids is 1. The molecule has 3 aliphatic rings. The van der Waals surface area contributed by atoms with Crippen LogP contribution in [-0.4, -0.2) is 35.0 Å². The number of nitrogens with zero attached hydrogens (tertiary/aromatic N) is 1. The second-order valence-corrected chi connectivity index (χ2v) is 9.09. The lowest BCUT2D eigenvalue weighted by molar-refractivity contribution is 0.00884. The molecular weight excluding hydrogens is 414 g/mol. The molecule has 2 bridgehead atoms. The van der Waals surface area contributed by atoms with Crippen LogP contribution in [-0.2, 0) is 4.74 Å². The van der Waals surface area contributed by atoms with Crippen LogP contribution < -0.4 is 0 Å². The summed E-state index contributed by atoms with van der Waals surface area (Å²) < 4.78 is 5.96. The Hall–Kier alpha value is -1.81. The molecule has 2 fully saturated rings. The zero-order valence-corrected chi connectivity index (χ0v) is 17.6. The number of alkyl halides is 1. The van der Waals surface area contributed by atoms with Crippen LogP contribution >= 0.6 is 15.9 Å². The van der Waals surface area contributed by atoms with E-state index >= 15 is 0 Å². The van der Waals surface area contributed by atoms with Crippen LogP contribution in [0.4, 0.5) is 4.79 Å². The van der Waals surface area contributed by atoms with Gasteiger partial charge in [-0.2, -0.15) is 0 Å². The van der Waals surface area contributed by atoms with E-state index in [4.69, 9.17) is 4.74 Å². The van der Waals surface area contributed by atoms with Crippen LogP contribution in [0.3, 0.4) is 0 Å². The van der Waals surface area contributed by atoms with E-state index in [0.29, 0.717) is 24.6 Å². The second-order valence-electron chi connectivity index (χ2n) is 8.44. The molecule has 0 saturated carbocycles. The normalized spacial score (nSPS) is 25.9. The van der Waals surface area contributed by atoms with Crippen molar-refractivity contribution in [3.05, 3.63) is 59.7 Å². The van der Waals surface area contributed by atoms with Gasteiger partial charge in [0, 0.05) is 23.3 Å². The maximum Gasteiger partial charge on any atom is 0.410 e. The summed E-state index contributed by atoms with van der Waals surface area (Å²) in [6.07, 6.45) is 5.56. The molecule has 2 aromatic carbocycles. The lowest BCUT2D eigenvalue weighted by Gasteiger charge is -2.47. The smallest absolute Gasteiger partial charge is 0.410 e. The number of fused-ring (bicyclic) bond motifs is 5. The first kappa shape index (κ1) is 18.2. The number of ether oxygens (including phenoxy) is 1. The fourth-order valence-electron chi connectivity index (χ4n) is 5.59. The SMILES string of the molecule is O=C(OCC1c2ccccc2-c2ccccc21)N1C2CCCC1CC(CBr)C2. The standard InChI is InChI=1S/C24H26BrNO2/c25-14-16-12-17-6-5-7-18(13-16)26(17)24(27)28-15-23-21-10-3-1-8-19(21)20-9-2-4-11-22(20)23/h1-4,8-11,16-18,23H,5-7,12-15H2. The highest BCUT2D eigenvalue weighted by atomic mass is 79.9. The molecule has 2 heterocycles. The molecular formula is C24H26BrNO2. The van der Waals surface area contributed by atoms with E-state index in [0.717, 1.165) is 31.0 Å². The van der Waals surface area contributed by atoms with Crippen LogP contribution in [0.15, 0.2) is 48.5 Å². The first-order valence-electron chi connectivity index (χ1n) is 10.5. The molecule has 1 amide bonds. The lowest BCUT2D eigenvalue weighted by atomic mass is 9.79. The molecule has 2 saturated heterocycles. The van der Waals surface area contributed by atoms with Crippen molar-refractivity contribution in [2.24, 2.45) is 5.92 Å². The van der Waals surface area contributed by atoms with E-state index in [-0.39, 0.29) is 12.0 Å². The molecule has 0 aromatic heterocycles. The largest absolute Gasteiger partial charge is 0.448 e. The van der Waals surface area contributed by atoms with Gasteiger partial charge in [-0.15, -0.1) is 0 Å². The monoisotopic (exact) mass is 439 g/mol. The second kappa shape index (κ2) is 7.55. The molecule has 0 spiro atoms. The van der Waals surface area contributed by atoms with Crippen LogP contribution in [0.5, 0.6) is 0 Å². The van der Waals surface area contributed by atoms with Gasteiger partial charge in [0.05, 0.1) is 0 Å². The fourth-order valence-corrected chi connectivity index (χ4v) is 6.12. The van der Waals surface area contributed by atoms with Crippen molar-refractivity contribution in [2.45, 2.75) is 50.1 Å². The van der Waals surface area contributed by atoms with Crippen molar-refractivity contribution in [3.8, 4) is 11.1 Å². The van der Waals surface area contributed by atoms with Crippen molar-refractivity contribution in [2.75, 3.05) is 11.9 Å². The van der Waals surface area contributed by atoms with Crippen LogP contribution in [0.2, 0.25) is 0 Å². The highest BCUT2D eigenvalue weighted by molar-refractivity contribution is 9.09. The Kier molecular flexibility index (Phi) is 4.92. The summed E-state index contributed by atoms with van der Waals surface area (Å²) in [6, 6.07) is 17.7. The molecule has 2 aromatic rings. The zero-order valence-electron chi connectivity index (χ0n) is 16.0. The van der Waals surface area contributed by atoms with E-state index < -0.39 is 0 Å². The summed E-state index contributed by atoms with van der Waals surface area (Å²) in [6.45, 7) is 0.421. The number of benzene rings is 2. The number of hydrogen-bond acceptors (Lipinski definition) is 2. The van der Waals surface area contributed by atoms with Crippen molar-refractivity contribution in [1.29, 1.82) is 0 Å². The van der Waals surface area contributed by atoms with Gasteiger partial charge in [-0.05, 0) is 60.3 Å². The van der Waals surface area contributed by atoms with Crippen molar-refractivity contribution < 1.29 is 9.53 Å². The average molecular weight is 440 g/mol. The molecule has 5 rings (SSSR count). The van der Waals surface area contributed by atoms with Gasteiger partial charge in [0.15, 0.2) is 0 Å². The third kappa shape index (κ3) is 3.06. The van der Waals surface area contributed by atoms with Gasteiger partial charge in [-0.25, -0.2) is 4.79 Å². The van der Waals surface area contributed by atoms with Gasteiger partial charge in [0.2, 0.25) is 0 Å². The predicted molar refractivity (Wildman–Crippen MR) is 115 cm³/mol. The number of rotatable bonds is 3. The highest BCUT2D eigenvalue weighted by Gasteiger charge is 2.41. The summed E-state index contributed by atoms with van der Waals surface area (Å²) in [7, 11) is 0. The fraction of sp³-hybridized carbons (Fsp3) is 0.458. The Morgan fingerprint density at radius 3 is 2.11 bits per heavy atom. The summed E-state index contributed by atoms with van der Waals surface area (Å²) in [4.78, 5) is 15.2. The summed E-state index contributed by atoms with van der Waals surface area (Å²) >= 11 is 3.65. The minimum atomic E-state index is -0.107. The third-order valence-corrected chi connectivity index (χ3v) is 7.75. The molecule has 4 heteroatoms. The number of hydrogen-bond donors (Lipinski definition) is 0. The predicted octanol–water partition coefficient (Wildman–Crippen LogP) is 5.96. The molecule has 0 radical (unpaired) electrons. The molecule has 2 unspecified atom stereocenters. The Bertz CT molecular complexity index is 823. The zero-order chi connectivity index (χ0) is 19.1. The Morgan fingerprint density at radius 1 is 0.964 bits per heavy atom. The Morgan fingerprint density at radius 2 is 1.54 bits per heavy atom. The van der Waals surface area contributed by atoms with Crippen molar-refractivity contribution >= 4 is 22.0 Å². The Balaban J connectivity index is 1.33. The quantitative estimate of drug-likeness (QED) is 0.551. The van der Waals surface area contributed by atoms with Crippen molar-refractivity contribution in [3.63, 3.8) is 0 Å². The van der Waals surface area contributed by atoms with E-state index in [1.165, 1.54) is 28.7 Å². The molecule has 1 aliphatic carbocycles. The average Bonchev–Trinajstić information content (AvgIpc) is 3.05. The number of carbonyl (C=O) groups is 1. The minimum Gasteiger partial charge on any atom is -0.448 e. The minimum absolute atomic E-state index is 0.107. The number of halogens is 1. The third-order valence-electron chi connectivity index (χ3n) is 6.84. The summed E-state index contributed by atoms with van der Waals surface area (Å²) in [5.41, 5.74) is 5.09. The maximum absolute atomic E-state index is 13.1. The molecule has 146 valence electrons. The molecule has 28 heavy (non-hydrogen) atoms. The Labute approximate surface area is 175 Å². The van der Waals surface area contributed by atoms with Crippen molar-refractivity contribution in [1.82, 2.24) is 4.90 Å². The number of piperidine rings is 2. The van der Waals surface area contributed by atoms with Gasteiger partial charge in [0.25, 0.3) is 0 Å². The van der Waals surface area contributed by atoms with Gasteiger partial charge in [0.1, 0.15) is 6.61 Å². The van der Waals surface area contributed by atoms with Gasteiger partial charge in [-0.1, -0.05) is 64.5 Å². The van der Waals surface area contributed by atoms with Gasteiger partial charge in [-0.3, -0.25) is 0 Å². The van der Waals surface area contributed by atoms with E-state index in [1.807, 2.05) is 0 Å². The van der Waals surface area contributed by atoms with E-state index in [9.17, 15) is 4.79 Å². The van der Waals surface area contributed by atoms with Crippen LogP contribution in [0.25, 0.3) is 11.1 Å². The molecule has 0 N–H and O–H groups in total. The van der Waals surface area contributed by atoms with Crippen LogP contribution in [0.1, 0.15) is 49.1 Å². The molecule has 3 nitrogen and oxygen atoms in total. The first-order valence-corrected chi connectivity index (χ1v) is 11.6. The lowest BCUT2D eigenvalue weighted by Crippen LogP contribution is -2.55. The molecule has 2 atom stereocenters. The number of amides is 1. The summed E-state index contributed by atoms with van der Waals surface area (Å²) in [5.74, 6) is 0.823. The van der Waals surface area contributed by atoms with Gasteiger partial charge < -0.3 is 9.64 Å².